The van der Waals surface area contributed by atoms with Crippen LogP contribution in [0.5, 0.6) is 0 Å². The number of benzene rings is 1. The highest BCUT2D eigenvalue weighted by molar-refractivity contribution is 6.03. The summed E-state index contributed by atoms with van der Waals surface area (Å²) in [4.78, 5) is 35.6. The van der Waals surface area contributed by atoms with Gasteiger partial charge in [0, 0.05) is 11.4 Å². The molecule has 2 atom stereocenters. The minimum absolute atomic E-state index is 0.0932. The van der Waals surface area contributed by atoms with Crippen molar-refractivity contribution in [3.63, 3.8) is 0 Å². The van der Waals surface area contributed by atoms with Crippen molar-refractivity contribution in [2.45, 2.75) is 26.3 Å². The molecule has 2 rings (SSSR count). The number of nitrogens with one attached hydrogen (secondary N) is 3. The molecule has 1 aromatic heterocycles. The summed E-state index contributed by atoms with van der Waals surface area (Å²) >= 11 is 0. The molecule has 5 N–H and O–H groups in total. The number of anilines is 2. The topological polar surface area (TPSA) is 126 Å². The second kappa shape index (κ2) is 8.70. The largest absolute Gasteiger partial charge is 0.459 e. The number of furan rings is 1. The van der Waals surface area contributed by atoms with Crippen LogP contribution < -0.4 is 21.7 Å². The maximum Gasteiger partial charge on any atom is 0.312 e. The van der Waals surface area contributed by atoms with Crippen LogP contribution >= 0.6 is 0 Å². The number of primary amides is 1. The number of nitrogens with two attached hydrogens (primary N) is 1. The molecule has 0 aliphatic rings. The summed E-state index contributed by atoms with van der Waals surface area (Å²) in [6.07, 6.45) is 2.10. The van der Waals surface area contributed by atoms with Gasteiger partial charge in [-0.15, -0.1) is 0 Å². The van der Waals surface area contributed by atoms with Crippen LogP contribution in [0.1, 0.15) is 30.8 Å². The van der Waals surface area contributed by atoms with Crippen LogP contribution in [0.4, 0.5) is 16.2 Å². The van der Waals surface area contributed by atoms with E-state index in [4.69, 9.17) is 10.2 Å². The van der Waals surface area contributed by atoms with Crippen LogP contribution in [-0.2, 0) is 4.79 Å². The van der Waals surface area contributed by atoms with E-state index in [0.717, 1.165) is 0 Å². The molecule has 8 heteroatoms. The van der Waals surface area contributed by atoms with E-state index >= 15 is 0 Å². The van der Waals surface area contributed by atoms with Gasteiger partial charge in [-0.2, -0.15) is 0 Å². The molecular weight excluding hydrogens is 336 g/mol. The summed E-state index contributed by atoms with van der Waals surface area (Å²) in [5.41, 5.74) is 6.13. The molecule has 0 spiro atoms. The maximum absolute atomic E-state index is 12.5. The molecule has 4 amide bonds. The van der Waals surface area contributed by atoms with E-state index in [1.807, 2.05) is 13.8 Å². The first-order valence-electron chi connectivity index (χ1n) is 8.22. The first kappa shape index (κ1) is 19.0. The van der Waals surface area contributed by atoms with Gasteiger partial charge in [-0.1, -0.05) is 26.3 Å². The van der Waals surface area contributed by atoms with Gasteiger partial charge in [0.1, 0.15) is 6.04 Å². The molecule has 1 aromatic carbocycles. The van der Waals surface area contributed by atoms with Crippen molar-refractivity contribution in [3.05, 3.63) is 48.4 Å². The fraction of sp³-hybridized carbons (Fsp3) is 0.278. The lowest BCUT2D eigenvalue weighted by Crippen LogP contribution is -2.49. The fourth-order valence-electron chi connectivity index (χ4n) is 2.35. The van der Waals surface area contributed by atoms with Crippen LogP contribution in [0.15, 0.2) is 47.1 Å². The lowest BCUT2D eigenvalue weighted by molar-refractivity contribution is -0.119. The molecule has 2 unspecified atom stereocenters. The summed E-state index contributed by atoms with van der Waals surface area (Å²) in [6, 6.07) is 8.32. The summed E-state index contributed by atoms with van der Waals surface area (Å²) in [6.45, 7) is 3.76. The molecule has 0 aliphatic heterocycles. The highest BCUT2D eigenvalue weighted by Crippen LogP contribution is 2.18. The number of amides is 4. The van der Waals surface area contributed by atoms with Crippen LogP contribution in [0.2, 0.25) is 0 Å². The summed E-state index contributed by atoms with van der Waals surface area (Å²) in [7, 11) is 0. The molecular formula is C18H22N4O4. The third kappa shape index (κ3) is 5.10. The van der Waals surface area contributed by atoms with Crippen LogP contribution in [0, 0.1) is 5.92 Å². The van der Waals surface area contributed by atoms with E-state index in [0.29, 0.717) is 17.8 Å². The van der Waals surface area contributed by atoms with Crippen molar-refractivity contribution < 1.29 is 18.8 Å². The van der Waals surface area contributed by atoms with Crippen LogP contribution in [0.25, 0.3) is 0 Å². The summed E-state index contributed by atoms with van der Waals surface area (Å²) in [5.74, 6) is -0.690. The van der Waals surface area contributed by atoms with Gasteiger partial charge in [0.25, 0.3) is 5.91 Å². The Morgan fingerprint density at radius 3 is 2.38 bits per heavy atom. The van der Waals surface area contributed by atoms with Crippen molar-refractivity contribution in [2.75, 3.05) is 10.6 Å². The van der Waals surface area contributed by atoms with E-state index in [1.165, 1.54) is 6.26 Å². The Morgan fingerprint density at radius 2 is 1.81 bits per heavy atom. The van der Waals surface area contributed by atoms with Gasteiger partial charge in [0.2, 0.25) is 5.91 Å². The van der Waals surface area contributed by atoms with Gasteiger partial charge in [-0.3, -0.25) is 9.59 Å². The van der Waals surface area contributed by atoms with Gasteiger partial charge in [-0.05, 0) is 36.2 Å². The minimum Gasteiger partial charge on any atom is -0.459 e. The van der Waals surface area contributed by atoms with Gasteiger partial charge >= 0.3 is 6.03 Å². The number of hydrogen-bond donors (Lipinski definition) is 4. The second-order valence-electron chi connectivity index (χ2n) is 5.87. The number of hydrogen-bond acceptors (Lipinski definition) is 4. The van der Waals surface area contributed by atoms with E-state index in [-0.39, 0.29) is 17.6 Å². The van der Waals surface area contributed by atoms with E-state index in [9.17, 15) is 14.4 Å². The predicted molar refractivity (Wildman–Crippen MR) is 97.7 cm³/mol. The fourth-order valence-corrected chi connectivity index (χ4v) is 2.35. The van der Waals surface area contributed by atoms with Crippen molar-refractivity contribution in [1.29, 1.82) is 0 Å². The van der Waals surface area contributed by atoms with Crippen LogP contribution in [0.3, 0.4) is 0 Å². The average Bonchev–Trinajstić information content (AvgIpc) is 3.14. The Hall–Kier alpha value is -3.29. The first-order chi connectivity index (χ1) is 12.4. The van der Waals surface area contributed by atoms with E-state index < -0.39 is 18.0 Å². The molecule has 0 saturated heterocycles. The Morgan fingerprint density at radius 1 is 1.12 bits per heavy atom. The number of carbonyl (C=O) groups is 3. The van der Waals surface area contributed by atoms with Gasteiger partial charge in [-0.25, -0.2) is 4.79 Å². The summed E-state index contributed by atoms with van der Waals surface area (Å²) < 4.78 is 5.04. The molecule has 1 heterocycles. The third-order valence-electron chi connectivity index (χ3n) is 3.93. The summed E-state index contributed by atoms with van der Waals surface area (Å²) in [5, 5.41) is 7.87. The highest BCUT2D eigenvalue weighted by atomic mass is 16.3. The molecule has 26 heavy (non-hydrogen) atoms. The van der Waals surface area contributed by atoms with Crippen molar-refractivity contribution in [3.8, 4) is 0 Å². The lowest BCUT2D eigenvalue weighted by atomic mass is 9.98. The quantitative estimate of drug-likeness (QED) is 0.606. The van der Waals surface area contributed by atoms with Crippen molar-refractivity contribution in [1.82, 2.24) is 5.32 Å². The molecule has 0 aliphatic carbocycles. The zero-order valence-corrected chi connectivity index (χ0v) is 14.6. The minimum atomic E-state index is -0.759. The van der Waals surface area contributed by atoms with Gasteiger partial charge in [0.15, 0.2) is 5.76 Å². The Bertz CT molecular complexity index is 773. The standard InChI is InChI=1S/C18H22N4O4/c1-3-11(2)15(22-18(19)25)17(24)21-13-7-4-6-12(10-13)20-16(23)14-8-5-9-26-14/h4-11,15H,3H2,1-2H3,(H,20,23)(H,21,24)(H3,19,22,25). The number of rotatable bonds is 7. The normalized spacial score (nSPS) is 12.7. The first-order valence-corrected chi connectivity index (χ1v) is 8.22. The monoisotopic (exact) mass is 358 g/mol. The van der Waals surface area contributed by atoms with Gasteiger partial charge in [0.05, 0.1) is 6.26 Å². The SMILES string of the molecule is CCC(C)C(NC(N)=O)C(=O)Nc1cccc(NC(=O)c2ccco2)c1. The van der Waals surface area contributed by atoms with Crippen molar-refractivity contribution in [2.24, 2.45) is 11.7 Å². The van der Waals surface area contributed by atoms with Gasteiger partial charge < -0.3 is 26.1 Å². The number of urea groups is 1. The van der Waals surface area contributed by atoms with E-state index in [2.05, 4.69) is 16.0 Å². The average molecular weight is 358 g/mol. The van der Waals surface area contributed by atoms with E-state index in [1.54, 1.807) is 36.4 Å². The molecule has 8 nitrogen and oxygen atoms in total. The highest BCUT2D eigenvalue weighted by Gasteiger charge is 2.25. The zero-order valence-electron chi connectivity index (χ0n) is 14.6. The number of carbonyl (C=O) groups excluding carboxylic acids is 3. The molecule has 138 valence electrons. The zero-order chi connectivity index (χ0) is 19.1. The Labute approximate surface area is 151 Å². The maximum atomic E-state index is 12.5. The molecule has 2 aromatic rings. The van der Waals surface area contributed by atoms with Crippen LogP contribution in [-0.4, -0.2) is 23.9 Å². The Balaban J connectivity index is 2.07. The molecule has 0 radical (unpaired) electrons. The molecule has 0 saturated carbocycles. The Kier molecular flexibility index (Phi) is 6.37. The molecule has 0 fully saturated rings. The smallest absolute Gasteiger partial charge is 0.312 e. The lowest BCUT2D eigenvalue weighted by Gasteiger charge is -2.22. The predicted octanol–water partition coefficient (Wildman–Crippen LogP) is 2.55. The second-order valence-corrected chi connectivity index (χ2v) is 5.87. The molecule has 0 bridgehead atoms. The third-order valence-corrected chi connectivity index (χ3v) is 3.93. The van der Waals surface area contributed by atoms with Crippen molar-refractivity contribution >= 4 is 29.2 Å².